The zero-order chi connectivity index (χ0) is 13.2. The monoisotopic (exact) mass is 255 g/mol. The van der Waals surface area contributed by atoms with E-state index in [1.165, 1.54) is 12.1 Å². The van der Waals surface area contributed by atoms with Gasteiger partial charge in [0.25, 0.3) is 5.91 Å². The van der Waals surface area contributed by atoms with Crippen molar-refractivity contribution in [2.75, 3.05) is 13.6 Å². The maximum atomic E-state index is 12.1. The highest BCUT2D eigenvalue weighted by Gasteiger charge is 2.21. The molecule has 17 heavy (non-hydrogen) atoms. The van der Waals surface area contributed by atoms with Gasteiger partial charge in [-0.15, -0.1) is 0 Å². The summed E-state index contributed by atoms with van der Waals surface area (Å²) in [6, 6.07) is 4.47. The number of phenolic OH excluding ortho intramolecular Hbond substituents is 1. The fourth-order valence-electron chi connectivity index (χ4n) is 1.67. The Hall–Kier alpha value is -1.22. The molecule has 0 spiro atoms. The van der Waals surface area contributed by atoms with E-state index in [4.69, 9.17) is 11.6 Å². The Morgan fingerprint density at radius 1 is 1.41 bits per heavy atom. The van der Waals surface area contributed by atoms with Gasteiger partial charge in [-0.05, 0) is 23.6 Å². The van der Waals surface area contributed by atoms with Crippen molar-refractivity contribution in [3.05, 3.63) is 28.8 Å². The lowest BCUT2D eigenvalue weighted by atomic mass is 9.96. The Balaban J connectivity index is 2.93. The Kier molecular flexibility index (Phi) is 4.04. The van der Waals surface area contributed by atoms with Crippen molar-refractivity contribution in [1.29, 1.82) is 0 Å². The van der Waals surface area contributed by atoms with Gasteiger partial charge in [-0.3, -0.25) is 4.79 Å². The van der Waals surface area contributed by atoms with Crippen LogP contribution in [0.25, 0.3) is 0 Å². The van der Waals surface area contributed by atoms with Crippen LogP contribution in [0.4, 0.5) is 0 Å². The molecule has 0 atom stereocenters. The lowest BCUT2D eigenvalue weighted by molar-refractivity contribution is 0.0742. The summed E-state index contributed by atoms with van der Waals surface area (Å²) < 4.78 is 0. The SMILES string of the molecule is CN(CC(C)(C)C)C(=O)c1cc(Cl)ccc1O. The Morgan fingerprint density at radius 2 is 2.00 bits per heavy atom. The molecule has 0 unspecified atom stereocenters. The molecule has 0 saturated carbocycles. The minimum atomic E-state index is -0.222. The summed E-state index contributed by atoms with van der Waals surface area (Å²) in [5.74, 6) is -0.264. The number of nitrogens with zero attached hydrogens (tertiary/aromatic N) is 1. The third-order valence-electron chi connectivity index (χ3n) is 2.25. The van der Waals surface area contributed by atoms with Crippen molar-refractivity contribution in [2.24, 2.45) is 5.41 Å². The molecule has 0 saturated heterocycles. The summed E-state index contributed by atoms with van der Waals surface area (Å²) in [7, 11) is 1.72. The van der Waals surface area contributed by atoms with Crippen LogP contribution < -0.4 is 0 Å². The molecule has 0 fully saturated rings. The van der Waals surface area contributed by atoms with Crippen LogP contribution in [-0.4, -0.2) is 29.5 Å². The summed E-state index contributed by atoms with van der Waals surface area (Å²) in [6.07, 6.45) is 0. The van der Waals surface area contributed by atoms with Crippen LogP contribution in [0.3, 0.4) is 0 Å². The van der Waals surface area contributed by atoms with E-state index in [1.54, 1.807) is 18.0 Å². The Bertz CT molecular complexity index is 424. The van der Waals surface area contributed by atoms with Crippen molar-refractivity contribution >= 4 is 17.5 Å². The quantitative estimate of drug-likeness (QED) is 0.882. The molecular weight excluding hydrogens is 238 g/mol. The molecule has 1 amide bonds. The molecular formula is C13H18ClNO2. The first-order chi connectivity index (χ1) is 7.70. The Morgan fingerprint density at radius 3 is 2.53 bits per heavy atom. The van der Waals surface area contributed by atoms with Gasteiger partial charge in [0, 0.05) is 18.6 Å². The van der Waals surface area contributed by atoms with Crippen LogP contribution in [0, 0.1) is 5.41 Å². The number of hydrogen-bond donors (Lipinski definition) is 1. The molecule has 3 nitrogen and oxygen atoms in total. The van der Waals surface area contributed by atoms with Crippen LogP contribution in [-0.2, 0) is 0 Å². The first-order valence-electron chi connectivity index (χ1n) is 5.45. The smallest absolute Gasteiger partial charge is 0.257 e. The normalized spacial score (nSPS) is 11.4. The number of benzene rings is 1. The van der Waals surface area contributed by atoms with Gasteiger partial charge in [-0.2, -0.15) is 0 Å². The number of phenols is 1. The van der Waals surface area contributed by atoms with Crippen LogP contribution in [0.2, 0.25) is 5.02 Å². The van der Waals surface area contributed by atoms with Gasteiger partial charge >= 0.3 is 0 Å². The summed E-state index contributed by atoms with van der Waals surface area (Å²) >= 11 is 5.82. The third-order valence-corrected chi connectivity index (χ3v) is 2.48. The van der Waals surface area contributed by atoms with Gasteiger partial charge in [0.05, 0.1) is 5.56 Å². The van der Waals surface area contributed by atoms with Crippen molar-refractivity contribution in [3.63, 3.8) is 0 Å². The molecule has 0 aliphatic rings. The number of rotatable bonds is 2. The van der Waals surface area contributed by atoms with E-state index in [2.05, 4.69) is 20.8 Å². The van der Waals surface area contributed by atoms with E-state index in [0.717, 1.165) is 0 Å². The minimum Gasteiger partial charge on any atom is -0.507 e. The van der Waals surface area contributed by atoms with Crippen LogP contribution >= 0.6 is 11.6 Å². The zero-order valence-electron chi connectivity index (χ0n) is 10.6. The van der Waals surface area contributed by atoms with E-state index in [1.807, 2.05) is 0 Å². The topological polar surface area (TPSA) is 40.5 Å². The summed E-state index contributed by atoms with van der Waals surface area (Å²) in [5, 5.41) is 10.1. The molecule has 94 valence electrons. The predicted molar refractivity (Wildman–Crippen MR) is 69.5 cm³/mol. The standard InChI is InChI=1S/C13H18ClNO2/c1-13(2,3)8-15(4)12(17)10-7-9(14)5-6-11(10)16/h5-7,16H,8H2,1-4H3. The van der Waals surface area contributed by atoms with Gasteiger partial charge in [0.15, 0.2) is 0 Å². The molecule has 0 heterocycles. The molecule has 1 rings (SSSR count). The summed E-state index contributed by atoms with van der Waals surface area (Å²) in [6.45, 7) is 6.76. The summed E-state index contributed by atoms with van der Waals surface area (Å²) in [4.78, 5) is 13.7. The summed E-state index contributed by atoms with van der Waals surface area (Å²) in [5.41, 5.74) is 0.253. The molecule has 0 radical (unpaired) electrons. The van der Waals surface area contributed by atoms with Gasteiger partial charge in [0.2, 0.25) is 0 Å². The molecule has 0 aromatic heterocycles. The molecule has 0 aliphatic carbocycles. The first-order valence-corrected chi connectivity index (χ1v) is 5.82. The molecule has 1 N–H and O–H groups in total. The fraction of sp³-hybridized carbons (Fsp3) is 0.462. The number of halogens is 1. The minimum absolute atomic E-state index is 0.0125. The number of hydrogen-bond acceptors (Lipinski definition) is 2. The number of aromatic hydroxyl groups is 1. The van der Waals surface area contributed by atoms with Gasteiger partial charge in [-0.1, -0.05) is 32.4 Å². The van der Waals surface area contributed by atoms with Gasteiger partial charge in [0.1, 0.15) is 5.75 Å². The molecule has 1 aromatic carbocycles. The third kappa shape index (κ3) is 3.93. The second kappa shape index (κ2) is 4.96. The second-order valence-corrected chi connectivity index (χ2v) is 5.82. The van der Waals surface area contributed by atoms with E-state index < -0.39 is 0 Å². The van der Waals surface area contributed by atoms with Crippen molar-refractivity contribution in [3.8, 4) is 5.75 Å². The van der Waals surface area contributed by atoms with Crippen molar-refractivity contribution in [2.45, 2.75) is 20.8 Å². The highest BCUT2D eigenvalue weighted by molar-refractivity contribution is 6.31. The van der Waals surface area contributed by atoms with Crippen molar-refractivity contribution in [1.82, 2.24) is 4.90 Å². The largest absolute Gasteiger partial charge is 0.507 e. The molecule has 0 bridgehead atoms. The van der Waals surface area contributed by atoms with E-state index in [-0.39, 0.29) is 22.6 Å². The maximum absolute atomic E-state index is 12.1. The highest BCUT2D eigenvalue weighted by atomic mass is 35.5. The van der Waals surface area contributed by atoms with Gasteiger partial charge in [-0.25, -0.2) is 0 Å². The zero-order valence-corrected chi connectivity index (χ0v) is 11.4. The number of amides is 1. The van der Waals surface area contributed by atoms with Crippen LogP contribution in [0.15, 0.2) is 18.2 Å². The number of carbonyl (C=O) groups excluding carboxylic acids is 1. The van der Waals surface area contributed by atoms with Crippen LogP contribution in [0.1, 0.15) is 31.1 Å². The molecule has 0 aliphatic heterocycles. The average molecular weight is 256 g/mol. The second-order valence-electron chi connectivity index (χ2n) is 5.38. The predicted octanol–water partition coefficient (Wildman–Crippen LogP) is 3.16. The molecule has 4 heteroatoms. The van der Waals surface area contributed by atoms with Crippen molar-refractivity contribution < 1.29 is 9.90 Å². The highest BCUT2D eigenvalue weighted by Crippen LogP contribution is 2.24. The average Bonchev–Trinajstić information content (AvgIpc) is 2.18. The Labute approximate surface area is 107 Å². The lowest BCUT2D eigenvalue weighted by Gasteiger charge is -2.26. The van der Waals surface area contributed by atoms with E-state index in [9.17, 15) is 9.90 Å². The fourth-order valence-corrected chi connectivity index (χ4v) is 1.84. The molecule has 1 aromatic rings. The van der Waals surface area contributed by atoms with E-state index >= 15 is 0 Å². The lowest BCUT2D eigenvalue weighted by Crippen LogP contribution is -2.34. The number of carbonyl (C=O) groups is 1. The van der Waals surface area contributed by atoms with E-state index in [0.29, 0.717) is 11.6 Å². The maximum Gasteiger partial charge on any atom is 0.257 e. The van der Waals surface area contributed by atoms with Gasteiger partial charge < -0.3 is 10.0 Å². The van der Waals surface area contributed by atoms with Crippen LogP contribution in [0.5, 0.6) is 5.75 Å². The first kappa shape index (κ1) is 13.8.